The fourth-order valence-corrected chi connectivity index (χ4v) is 12.5. The molecule has 26 nitrogen and oxygen atoms in total. The molecule has 2 unspecified atom stereocenters. The van der Waals surface area contributed by atoms with Crippen LogP contribution in [0.15, 0.2) is 155 Å². The van der Waals surface area contributed by atoms with Crippen LogP contribution in [0.4, 0.5) is 11.4 Å². The summed E-state index contributed by atoms with van der Waals surface area (Å²) < 4.78 is 69.5. The van der Waals surface area contributed by atoms with E-state index in [0.29, 0.717) is 194 Å². The summed E-state index contributed by atoms with van der Waals surface area (Å²) in [5.41, 5.74) is 8.02. The summed E-state index contributed by atoms with van der Waals surface area (Å²) in [7, 11) is 3.06. The largest absolute Gasteiger partial charge is 0.494 e. The second-order valence-corrected chi connectivity index (χ2v) is 27.5. The molecule has 2 atom stereocenters. The molecular formula is C87H108N6O20. The standard InChI is InChI=1S/C87H108N6O20/c1-60(2)70(20-12-19-69(94)31-37-104-39-41-106-43-45-108-47-49-110-51-52-111-50-48-109-46-44-107-42-40-105-38-33-89-82(96)30-34-93-83(97)56-72(87(93)101)65-15-9-7-6-8-10-16-65)86(100)91-61(3)85(99)92-68-27-24-63(25-28-68)62-17-11-21-77(95)73-54-78(102-4)80(57-75(73)88-32-13-18-62)112-35-14-36-113-81-58-76-74(55-79(81)103-5)84(98)71-29-26-66(64-22-23-64)53-67(71)59-90-76/h6-12,15-17,20-21,24-28,32,54-61,64,70,97,101H,13-14,18-19,22-23,29-31,33-53H2,1-5H3,(H,89,96)(H,91,100)(H,92,99)/b7-6-,8-6?,9-7?,10-8-,15-9-,16-10?,20-12?,21-11?,62-17?,65-15?,65-16+,88-32?. The van der Waals surface area contributed by atoms with Crippen LogP contribution >= 0.6 is 0 Å². The van der Waals surface area contributed by atoms with Crippen molar-refractivity contribution < 1.29 is 91.0 Å². The Morgan fingerprint density at radius 2 is 1.27 bits per heavy atom. The van der Waals surface area contributed by atoms with Gasteiger partial charge in [-0.1, -0.05) is 104 Å². The number of nitrogens with zero attached hydrogens (tertiary/aromatic N) is 3. The van der Waals surface area contributed by atoms with Gasteiger partial charge >= 0.3 is 0 Å². The number of allylic oxidation sites excluding steroid dienone is 15. The van der Waals surface area contributed by atoms with Gasteiger partial charge in [0, 0.05) is 86.2 Å². The molecule has 0 saturated heterocycles. The van der Waals surface area contributed by atoms with Crippen molar-refractivity contribution in [1.82, 2.24) is 20.2 Å². The van der Waals surface area contributed by atoms with Crippen LogP contribution in [0.1, 0.15) is 105 Å². The lowest BCUT2D eigenvalue weighted by molar-refractivity contribution is -0.128. The first kappa shape index (κ1) is 86.8. The molecule has 3 heterocycles. The van der Waals surface area contributed by atoms with Crippen LogP contribution in [0.25, 0.3) is 22.0 Å². The number of benzene rings is 3. The Balaban J connectivity index is 0.554. The number of aliphatic imine (C=N–C) groups is 1. The van der Waals surface area contributed by atoms with Crippen LogP contribution < -0.4 is 40.3 Å². The highest BCUT2D eigenvalue weighted by atomic mass is 16.6. The van der Waals surface area contributed by atoms with Crippen molar-refractivity contribution >= 4 is 68.9 Å². The molecule has 4 aliphatic rings. The molecule has 1 aliphatic heterocycles. The van der Waals surface area contributed by atoms with Gasteiger partial charge in [0.05, 0.1) is 161 Å². The van der Waals surface area contributed by atoms with Crippen LogP contribution in [0, 0.1) is 17.8 Å². The number of Topliss-reactive ketones (excluding diaryl/α,β-unsaturated/α-hetero) is 1. The zero-order chi connectivity index (χ0) is 79.9. The van der Waals surface area contributed by atoms with E-state index in [1.54, 1.807) is 74.9 Å². The van der Waals surface area contributed by atoms with E-state index in [-0.39, 0.29) is 92.1 Å². The minimum absolute atomic E-state index is 0.0335. The molecule has 1 fully saturated rings. The number of aromatic nitrogens is 2. The SMILES string of the molecule is COc1cc2c(cc1OCCCOc1cc3ncc4c(c(=O)c3cc1OC)CC=C(C1CC1)C4)N=CCCC(c1ccc(NC(=O)C(C)NC(=O)C(C=CCC(=O)CCOCCOCCOCCOCCOCCOCCOCCOCCNC(=O)CCn3c(O)cc(C4=C/C=C\C=C/C=C\4)c3O)C(C)C)cc1)=CC=CC2=O. The number of anilines is 1. The molecule has 606 valence electrons. The molecule has 0 spiro atoms. The van der Waals surface area contributed by atoms with Crippen LogP contribution in [0.3, 0.4) is 0 Å². The Labute approximate surface area is 660 Å². The number of methoxy groups -OCH3 is 2. The maximum absolute atomic E-state index is 13.7. The van der Waals surface area contributed by atoms with Gasteiger partial charge in [0.2, 0.25) is 23.6 Å². The molecule has 3 aromatic carbocycles. The van der Waals surface area contributed by atoms with Crippen LogP contribution in [-0.4, -0.2) is 201 Å². The summed E-state index contributed by atoms with van der Waals surface area (Å²) in [4.78, 5) is 88.9. The Bertz CT molecular complexity index is 4340. The first-order chi connectivity index (χ1) is 55.1. The second kappa shape index (κ2) is 47.4. The molecule has 1 saturated carbocycles. The van der Waals surface area contributed by atoms with E-state index in [9.17, 15) is 39.0 Å². The van der Waals surface area contributed by atoms with Crippen molar-refractivity contribution in [2.24, 2.45) is 22.7 Å². The van der Waals surface area contributed by atoms with Gasteiger partial charge in [-0.3, -0.25) is 43.3 Å². The van der Waals surface area contributed by atoms with Crippen molar-refractivity contribution in [1.29, 1.82) is 0 Å². The lowest BCUT2D eigenvalue weighted by Crippen LogP contribution is -2.44. The predicted molar refractivity (Wildman–Crippen MR) is 432 cm³/mol. The second-order valence-electron chi connectivity index (χ2n) is 27.5. The molecule has 3 aliphatic carbocycles. The van der Waals surface area contributed by atoms with E-state index in [1.165, 1.54) is 42.2 Å². The monoisotopic (exact) mass is 1560 g/mol. The zero-order valence-electron chi connectivity index (χ0n) is 65.5. The fourth-order valence-electron chi connectivity index (χ4n) is 12.5. The quantitative estimate of drug-likeness (QED) is 0.0178. The number of ketones is 2. The van der Waals surface area contributed by atoms with E-state index in [1.807, 2.05) is 80.8 Å². The van der Waals surface area contributed by atoms with Crippen molar-refractivity contribution in [2.75, 3.05) is 145 Å². The lowest BCUT2D eigenvalue weighted by Gasteiger charge is -2.20. The summed E-state index contributed by atoms with van der Waals surface area (Å²) in [5, 5.41) is 30.1. The van der Waals surface area contributed by atoms with Gasteiger partial charge in [0.1, 0.15) is 11.8 Å². The Morgan fingerprint density at radius 3 is 1.91 bits per heavy atom. The molecule has 9 rings (SSSR count). The smallest absolute Gasteiger partial charge is 0.246 e. The van der Waals surface area contributed by atoms with Gasteiger partial charge in [-0.25, -0.2) is 0 Å². The fraction of sp³-hybridized carbons (Fsp3) is 0.448. The van der Waals surface area contributed by atoms with Crippen molar-refractivity contribution in [3.8, 4) is 34.8 Å². The average Bonchev–Trinajstić information content (AvgIpc) is 1.65. The first-order valence-corrected chi connectivity index (χ1v) is 38.8. The molecule has 0 bridgehead atoms. The number of hydrogen-bond acceptors (Lipinski definition) is 22. The van der Waals surface area contributed by atoms with Crippen molar-refractivity contribution in [2.45, 2.75) is 97.6 Å². The molecule has 0 radical (unpaired) electrons. The van der Waals surface area contributed by atoms with Crippen LogP contribution in [0.5, 0.6) is 34.8 Å². The molecule has 3 amide bonds. The average molecular weight is 1560 g/mol. The third kappa shape index (κ3) is 28.5. The predicted octanol–water partition coefficient (Wildman–Crippen LogP) is 11.5. The van der Waals surface area contributed by atoms with Crippen molar-refractivity contribution in [3.05, 3.63) is 183 Å². The third-order valence-corrected chi connectivity index (χ3v) is 18.9. The minimum atomic E-state index is -0.866. The molecule has 26 heteroatoms. The number of nitrogens with one attached hydrogen (secondary N) is 3. The van der Waals surface area contributed by atoms with Gasteiger partial charge in [-0.15, -0.1) is 0 Å². The number of hydrogen-bond donors (Lipinski definition) is 5. The number of amides is 3. The van der Waals surface area contributed by atoms with E-state index < -0.39 is 17.9 Å². The molecule has 5 N–H and O–H groups in total. The Morgan fingerprint density at radius 1 is 0.646 bits per heavy atom. The zero-order valence-corrected chi connectivity index (χ0v) is 65.5. The van der Waals surface area contributed by atoms with Crippen LogP contribution in [0.2, 0.25) is 0 Å². The maximum Gasteiger partial charge on any atom is 0.246 e. The number of fused-ring (bicyclic) bond motifs is 3. The minimum Gasteiger partial charge on any atom is -0.494 e. The van der Waals surface area contributed by atoms with Crippen LogP contribution in [-0.2, 0) is 76.5 Å². The van der Waals surface area contributed by atoms with E-state index in [0.717, 1.165) is 34.3 Å². The number of aromatic hydroxyl groups is 2. The van der Waals surface area contributed by atoms with Gasteiger partial charge in [-0.05, 0) is 110 Å². The highest BCUT2D eigenvalue weighted by molar-refractivity contribution is 6.09. The molecule has 5 aromatic rings. The van der Waals surface area contributed by atoms with Gasteiger partial charge in [0.15, 0.2) is 40.1 Å². The summed E-state index contributed by atoms with van der Waals surface area (Å²) >= 11 is 0. The van der Waals surface area contributed by atoms with E-state index >= 15 is 0 Å². The maximum atomic E-state index is 13.7. The number of rotatable bonds is 49. The summed E-state index contributed by atoms with van der Waals surface area (Å²) in [6.07, 6.45) is 33.1. The summed E-state index contributed by atoms with van der Waals surface area (Å²) in [6.45, 7) is 12.4. The first-order valence-electron chi connectivity index (χ1n) is 38.8. The van der Waals surface area contributed by atoms with E-state index in [4.69, 9.17) is 66.8 Å². The topological polar surface area (TPSA) is 320 Å². The normalized spacial score (nSPS) is 15.9. The number of carbonyl (C=O) groups excluding carboxylic acids is 5. The highest BCUT2D eigenvalue weighted by Gasteiger charge is 2.30. The third-order valence-electron chi connectivity index (χ3n) is 18.9. The Kier molecular flexibility index (Phi) is 36.4. The van der Waals surface area contributed by atoms with Gasteiger partial charge in [-0.2, -0.15) is 0 Å². The lowest BCUT2D eigenvalue weighted by atomic mass is 9.91. The van der Waals surface area contributed by atoms with Gasteiger partial charge in [0.25, 0.3) is 0 Å². The molecular weight excluding hydrogens is 1450 g/mol. The summed E-state index contributed by atoms with van der Waals surface area (Å²) in [6, 6.07) is 14.8. The number of ether oxygens (including phenoxy) is 12. The highest BCUT2D eigenvalue weighted by Crippen LogP contribution is 2.41. The van der Waals surface area contributed by atoms with Gasteiger partial charge < -0.3 is 83.0 Å². The Hall–Kier alpha value is -10.2. The summed E-state index contributed by atoms with van der Waals surface area (Å²) in [5.74, 6) is 0.121. The number of carbonyl (C=O) groups is 5. The van der Waals surface area contributed by atoms with E-state index in [2.05, 4.69) is 22.0 Å². The van der Waals surface area contributed by atoms with Crippen molar-refractivity contribution in [3.63, 3.8) is 0 Å². The molecule has 113 heavy (non-hydrogen) atoms. The molecule has 2 aromatic heterocycles.